The second kappa shape index (κ2) is 12.3. The van der Waals surface area contributed by atoms with Gasteiger partial charge in [-0.25, -0.2) is 4.99 Å². The number of thiophene rings is 1. The summed E-state index contributed by atoms with van der Waals surface area (Å²) >= 11 is 1.79. The molecule has 2 aromatic heterocycles. The van der Waals surface area contributed by atoms with Crippen LogP contribution >= 0.6 is 35.3 Å². The zero-order valence-electron chi connectivity index (χ0n) is 16.2. The van der Waals surface area contributed by atoms with Crippen LogP contribution in [-0.2, 0) is 20.0 Å². The Kier molecular flexibility index (Phi) is 10.8. The number of nitrogens with zero attached hydrogens (tertiary/aromatic N) is 4. The highest BCUT2D eigenvalue weighted by Gasteiger charge is 2.08. The number of hydrogen-bond donors (Lipinski definition) is 2. The smallest absolute Gasteiger partial charge is 0.191 e. The number of halogens is 1. The lowest BCUT2D eigenvalue weighted by atomic mass is 10.0. The first-order valence-electron chi connectivity index (χ1n) is 9.03. The van der Waals surface area contributed by atoms with Crippen molar-refractivity contribution in [1.82, 2.24) is 25.4 Å². The van der Waals surface area contributed by atoms with Gasteiger partial charge in [-0.05, 0) is 30.7 Å². The summed E-state index contributed by atoms with van der Waals surface area (Å²) in [6.45, 7) is 8.75. The Bertz CT molecular complexity index is 649. The van der Waals surface area contributed by atoms with Crippen molar-refractivity contribution in [3.05, 3.63) is 34.0 Å². The van der Waals surface area contributed by atoms with Crippen LogP contribution in [0.5, 0.6) is 0 Å². The molecule has 0 unspecified atom stereocenters. The van der Waals surface area contributed by atoms with Crippen LogP contribution in [0, 0.1) is 12.8 Å². The first kappa shape index (κ1) is 22.9. The van der Waals surface area contributed by atoms with E-state index in [1.165, 1.54) is 17.7 Å². The van der Waals surface area contributed by atoms with E-state index in [-0.39, 0.29) is 24.0 Å². The number of hydrogen-bond acceptors (Lipinski definition) is 4. The first-order valence-corrected chi connectivity index (χ1v) is 9.91. The average Bonchev–Trinajstić information content (AvgIpc) is 3.24. The summed E-state index contributed by atoms with van der Waals surface area (Å²) in [5.74, 6) is 3.30. The van der Waals surface area contributed by atoms with Gasteiger partial charge in [-0.3, -0.25) is 0 Å². The van der Waals surface area contributed by atoms with Crippen LogP contribution in [-0.4, -0.2) is 33.8 Å². The van der Waals surface area contributed by atoms with E-state index >= 15 is 0 Å². The van der Waals surface area contributed by atoms with Gasteiger partial charge in [0.05, 0.1) is 0 Å². The Balaban J connectivity index is 0.00000338. The molecule has 0 radical (unpaired) electrons. The van der Waals surface area contributed by atoms with E-state index in [1.807, 2.05) is 18.5 Å². The van der Waals surface area contributed by atoms with Crippen molar-refractivity contribution < 1.29 is 0 Å². The Hall–Kier alpha value is -1.16. The van der Waals surface area contributed by atoms with E-state index in [1.54, 1.807) is 11.3 Å². The highest BCUT2D eigenvalue weighted by molar-refractivity contribution is 14.0. The summed E-state index contributed by atoms with van der Waals surface area (Å²) < 4.78 is 1.98. The molecule has 2 N–H and O–H groups in total. The molecule has 0 aliphatic rings. The fourth-order valence-electron chi connectivity index (χ4n) is 2.49. The van der Waals surface area contributed by atoms with Crippen molar-refractivity contribution in [1.29, 1.82) is 0 Å². The highest BCUT2D eigenvalue weighted by Crippen LogP contribution is 2.08. The molecule has 0 fully saturated rings. The second-order valence-electron chi connectivity index (χ2n) is 6.21. The van der Waals surface area contributed by atoms with Crippen molar-refractivity contribution in [2.45, 2.75) is 46.6 Å². The quantitative estimate of drug-likeness (QED) is 0.321. The number of guanidine groups is 1. The third-order valence-electron chi connectivity index (χ3n) is 4.52. The summed E-state index contributed by atoms with van der Waals surface area (Å²) in [4.78, 5) is 6.09. The van der Waals surface area contributed by atoms with Crippen LogP contribution in [0.2, 0.25) is 0 Å². The SMILES string of the molecule is CCC(CC)CNC(=NCc1nnc(C)n1C)NCCc1cccs1.I. The third kappa shape index (κ3) is 7.22. The minimum absolute atomic E-state index is 0. The van der Waals surface area contributed by atoms with Crippen molar-refractivity contribution in [2.75, 3.05) is 13.1 Å². The number of nitrogens with one attached hydrogen (secondary N) is 2. The molecule has 0 saturated heterocycles. The molecule has 2 aromatic rings. The maximum atomic E-state index is 4.70. The molecule has 0 atom stereocenters. The van der Waals surface area contributed by atoms with Gasteiger partial charge in [-0.2, -0.15) is 0 Å². The summed E-state index contributed by atoms with van der Waals surface area (Å²) in [6.07, 6.45) is 3.36. The maximum absolute atomic E-state index is 4.70. The second-order valence-corrected chi connectivity index (χ2v) is 7.24. The van der Waals surface area contributed by atoms with E-state index in [4.69, 9.17) is 4.99 Å². The number of aryl methyl sites for hydroxylation is 1. The van der Waals surface area contributed by atoms with Gasteiger partial charge in [0.15, 0.2) is 11.8 Å². The van der Waals surface area contributed by atoms with Gasteiger partial charge in [-0.15, -0.1) is 45.5 Å². The third-order valence-corrected chi connectivity index (χ3v) is 5.45. The Morgan fingerprint density at radius 2 is 2.04 bits per heavy atom. The zero-order chi connectivity index (χ0) is 18.1. The van der Waals surface area contributed by atoms with Gasteiger partial charge in [0, 0.05) is 25.0 Å². The normalized spacial score (nSPS) is 11.5. The minimum Gasteiger partial charge on any atom is -0.356 e. The van der Waals surface area contributed by atoms with Crippen LogP contribution in [0.1, 0.15) is 43.2 Å². The van der Waals surface area contributed by atoms with E-state index in [0.29, 0.717) is 12.5 Å². The molecule has 0 amide bonds. The summed E-state index contributed by atoms with van der Waals surface area (Å²) in [5, 5.41) is 17.3. The molecule has 0 saturated carbocycles. The van der Waals surface area contributed by atoms with E-state index < -0.39 is 0 Å². The lowest BCUT2D eigenvalue weighted by Crippen LogP contribution is -2.40. The molecule has 2 rings (SSSR count). The van der Waals surface area contributed by atoms with Crippen molar-refractivity contribution in [3.63, 3.8) is 0 Å². The molecule has 0 bridgehead atoms. The van der Waals surface area contributed by atoms with Crippen LogP contribution in [0.25, 0.3) is 0 Å². The molecule has 6 nitrogen and oxygen atoms in total. The highest BCUT2D eigenvalue weighted by atomic mass is 127. The summed E-state index contributed by atoms with van der Waals surface area (Å²) in [5.41, 5.74) is 0. The standard InChI is InChI=1S/C18H30N6S.HI/c1-5-15(6-2)12-20-18(19-10-9-16-8-7-11-25-16)21-13-17-23-22-14(3)24(17)4;/h7-8,11,15H,5-6,9-10,12-13H2,1-4H3,(H2,19,20,21);1H. The van der Waals surface area contributed by atoms with E-state index in [2.05, 4.69) is 52.2 Å². The predicted molar refractivity (Wildman–Crippen MR) is 120 cm³/mol. The van der Waals surface area contributed by atoms with Crippen molar-refractivity contribution >= 4 is 41.3 Å². The molecular weight excluding hydrogens is 459 g/mol. The fraction of sp³-hybridized carbons (Fsp3) is 0.611. The van der Waals surface area contributed by atoms with Gasteiger partial charge in [0.25, 0.3) is 0 Å². The molecule has 0 aliphatic heterocycles. The number of rotatable bonds is 9. The molecule has 8 heteroatoms. The zero-order valence-corrected chi connectivity index (χ0v) is 19.3. The molecule has 0 aromatic carbocycles. The van der Waals surface area contributed by atoms with E-state index in [0.717, 1.165) is 37.1 Å². The Morgan fingerprint density at radius 1 is 1.27 bits per heavy atom. The molecule has 146 valence electrons. The van der Waals surface area contributed by atoms with Gasteiger partial charge < -0.3 is 15.2 Å². The first-order chi connectivity index (χ1) is 12.1. The monoisotopic (exact) mass is 490 g/mol. The fourth-order valence-corrected chi connectivity index (χ4v) is 3.20. The number of aliphatic imine (C=N–C) groups is 1. The average molecular weight is 490 g/mol. The van der Waals surface area contributed by atoms with Crippen LogP contribution in [0.15, 0.2) is 22.5 Å². The molecule has 2 heterocycles. The molecule has 0 aliphatic carbocycles. The largest absolute Gasteiger partial charge is 0.356 e. The maximum Gasteiger partial charge on any atom is 0.191 e. The lowest BCUT2D eigenvalue weighted by molar-refractivity contribution is 0.481. The van der Waals surface area contributed by atoms with Crippen LogP contribution in [0.4, 0.5) is 0 Å². The van der Waals surface area contributed by atoms with Gasteiger partial charge in [-0.1, -0.05) is 32.8 Å². The van der Waals surface area contributed by atoms with Gasteiger partial charge in [0.2, 0.25) is 0 Å². The minimum atomic E-state index is 0. The molecule has 0 spiro atoms. The van der Waals surface area contributed by atoms with Gasteiger partial charge >= 0.3 is 0 Å². The lowest BCUT2D eigenvalue weighted by Gasteiger charge is -2.17. The van der Waals surface area contributed by atoms with E-state index in [9.17, 15) is 0 Å². The van der Waals surface area contributed by atoms with Crippen LogP contribution < -0.4 is 10.6 Å². The molecular formula is C18H31IN6S. The Labute approximate surface area is 177 Å². The number of aromatic nitrogens is 3. The van der Waals surface area contributed by atoms with Crippen molar-refractivity contribution in [2.24, 2.45) is 18.0 Å². The van der Waals surface area contributed by atoms with Crippen LogP contribution in [0.3, 0.4) is 0 Å². The Morgan fingerprint density at radius 3 is 2.62 bits per heavy atom. The van der Waals surface area contributed by atoms with Gasteiger partial charge in [0.1, 0.15) is 12.4 Å². The van der Waals surface area contributed by atoms with Crippen molar-refractivity contribution in [3.8, 4) is 0 Å². The summed E-state index contributed by atoms with van der Waals surface area (Å²) in [6, 6.07) is 4.26. The summed E-state index contributed by atoms with van der Waals surface area (Å²) in [7, 11) is 1.97. The topological polar surface area (TPSA) is 67.1 Å². The predicted octanol–water partition coefficient (Wildman–Crippen LogP) is 3.52. The molecule has 26 heavy (non-hydrogen) atoms.